The lowest BCUT2D eigenvalue weighted by Crippen LogP contribution is -2.25. The predicted octanol–water partition coefficient (Wildman–Crippen LogP) is 2.99. The molecule has 0 spiro atoms. The van der Waals surface area contributed by atoms with Crippen LogP contribution in [0.25, 0.3) is 6.08 Å². The van der Waals surface area contributed by atoms with Crippen molar-refractivity contribution in [2.24, 2.45) is 0 Å². The molecule has 0 heterocycles. The summed E-state index contributed by atoms with van der Waals surface area (Å²) in [6, 6.07) is 14.4. The van der Waals surface area contributed by atoms with Crippen molar-refractivity contribution in [1.29, 1.82) is 0 Å². The van der Waals surface area contributed by atoms with Crippen LogP contribution in [0.15, 0.2) is 59.5 Å². The normalized spacial score (nSPS) is 14.2. The molecule has 2 aromatic rings. The van der Waals surface area contributed by atoms with Crippen molar-refractivity contribution in [3.8, 4) is 0 Å². The predicted molar refractivity (Wildman–Crippen MR) is 112 cm³/mol. The van der Waals surface area contributed by atoms with E-state index < -0.39 is 10.0 Å². The number of sulfonamides is 1. The van der Waals surface area contributed by atoms with Crippen LogP contribution in [0.4, 0.5) is 0 Å². The molecule has 0 bridgehead atoms. The number of carbonyl (C=O) groups is 1. The van der Waals surface area contributed by atoms with E-state index in [-0.39, 0.29) is 16.8 Å². The zero-order valence-electron chi connectivity index (χ0n) is 16.4. The highest BCUT2D eigenvalue weighted by Gasteiger charge is 2.27. The zero-order valence-corrected chi connectivity index (χ0v) is 17.2. The van der Waals surface area contributed by atoms with Gasteiger partial charge in [0.1, 0.15) is 0 Å². The zero-order chi connectivity index (χ0) is 20.7. The van der Waals surface area contributed by atoms with Gasteiger partial charge in [0, 0.05) is 25.3 Å². The summed E-state index contributed by atoms with van der Waals surface area (Å²) in [5, 5.41) is 2.83. The lowest BCUT2D eigenvalue weighted by molar-refractivity contribution is -0.116. The van der Waals surface area contributed by atoms with Crippen molar-refractivity contribution in [3.63, 3.8) is 0 Å². The lowest BCUT2D eigenvalue weighted by Gasteiger charge is -2.06. The number of carbonyl (C=O) groups excluding carboxylic acids is 1. The molecule has 0 aromatic heterocycles. The fourth-order valence-corrected chi connectivity index (χ4v) is 3.95. The van der Waals surface area contributed by atoms with Gasteiger partial charge in [0.15, 0.2) is 0 Å². The molecule has 1 fully saturated rings. The van der Waals surface area contributed by atoms with Gasteiger partial charge in [-0.15, -0.1) is 0 Å². The fourth-order valence-electron chi connectivity index (χ4n) is 2.64. The Morgan fingerprint density at radius 1 is 1.07 bits per heavy atom. The molecule has 1 aliphatic rings. The highest BCUT2D eigenvalue weighted by Crippen LogP contribution is 2.22. The molecule has 0 radical (unpaired) electrons. The largest absolute Gasteiger partial charge is 0.377 e. The van der Waals surface area contributed by atoms with Crippen molar-refractivity contribution in [3.05, 3.63) is 71.3 Å². The first-order chi connectivity index (χ1) is 14.0. The third-order valence-electron chi connectivity index (χ3n) is 4.48. The number of nitrogens with one attached hydrogen (secondary N) is 2. The van der Waals surface area contributed by atoms with Crippen LogP contribution in [-0.4, -0.2) is 27.0 Å². The topological polar surface area (TPSA) is 84.5 Å². The molecule has 1 aliphatic carbocycles. The maximum atomic E-state index is 12.2. The third kappa shape index (κ3) is 6.81. The molecular weight excluding hydrogens is 388 g/mol. The number of amides is 1. The maximum Gasteiger partial charge on any atom is 0.244 e. The second-order valence-corrected chi connectivity index (χ2v) is 8.68. The van der Waals surface area contributed by atoms with Gasteiger partial charge in [-0.1, -0.05) is 36.4 Å². The first-order valence-corrected chi connectivity index (χ1v) is 11.2. The Balaban J connectivity index is 1.48. The van der Waals surface area contributed by atoms with Crippen molar-refractivity contribution in [1.82, 2.24) is 10.0 Å². The smallest absolute Gasteiger partial charge is 0.244 e. The first kappa shape index (κ1) is 21.2. The van der Waals surface area contributed by atoms with Crippen LogP contribution in [0.3, 0.4) is 0 Å². The molecule has 154 valence electrons. The maximum absolute atomic E-state index is 12.2. The van der Waals surface area contributed by atoms with E-state index in [1.807, 2.05) is 31.2 Å². The SMILES string of the molecule is CCOCc1ccc(CNC(=O)/C=C/c2ccc(S(=O)(=O)NC3CC3)cc2)cc1. The van der Waals surface area contributed by atoms with Gasteiger partial charge in [-0.05, 0) is 54.7 Å². The molecule has 2 N–H and O–H groups in total. The summed E-state index contributed by atoms with van der Waals surface area (Å²) in [6.07, 6.45) is 4.89. The highest BCUT2D eigenvalue weighted by molar-refractivity contribution is 7.89. The Morgan fingerprint density at radius 2 is 1.72 bits per heavy atom. The molecule has 0 saturated heterocycles. The molecule has 0 aliphatic heterocycles. The molecule has 3 rings (SSSR count). The van der Waals surface area contributed by atoms with Crippen LogP contribution in [0.2, 0.25) is 0 Å². The van der Waals surface area contributed by atoms with Crippen molar-refractivity contribution in [2.45, 2.75) is 43.9 Å². The first-order valence-electron chi connectivity index (χ1n) is 9.70. The number of hydrogen-bond acceptors (Lipinski definition) is 4. The third-order valence-corrected chi connectivity index (χ3v) is 6.02. The fraction of sp³-hybridized carbons (Fsp3) is 0.318. The van der Waals surface area contributed by atoms with E-state index in [2.05, 4.69) is 10.0 Å². The van der Waals surface area contributed by atoms with Crippen LogP contribution in [0.5, 0.6) is 0 Å². The van der Waals surface area contributed by atoms with Gasteiger partial charge in [-0.25, -0.2) is 13.1 Å². The van der Waals surface area contributed by atoms with E-state index in [0.29, 0.717) is 19.8 Å². The molecule has 7 heteroatoms. The summed E-state index contributed by atoms with van der Waals surface area (Å²) < 4.78 is 32.3. The molecule has 6 nitrogen and oxygen atoms in total. The average Bonchev–Trinajstić information content (AvgIpc) is 3.53. The minimum absolute atomic E-state index is 0.0733. The van der Waals surface area contributed by atoms with Crippen molar-refractivity contribution >= 4 is 22.0 Å². The quantitative estimate of drug-likeness (QED) is 0.586. The van der Waals surface area contributed by atoms with Gasteiger partial charge in [-0.3, -0.25) is 4.79 Å². The Bertz CT molecular complexity index is 947. The van der Waals surface area contributed by atoms with E-state index in [9.17, 15) is 13.2 Å². The number of benzene rings is 2. The molecule has 2 aromatic carbocycles. The van der Waals surface area contributed by atoms with Gasteiger partial charge in [0.25, 0.3) is 0 Å². The summed E-state index contributed by atoms with van der Waals surface area (Å²) >= 11 is 0. The van der Waals surface area contributed by atoms with Crippen LogP contribution in [-0.2, 0) is 32.7 Å². The summed E-state index contributed by atoms with van der Waals surface area (Å²) in [4.78, 5) is 12.3. The van der Waals surface area contributed by atoms with Crippen molar-refractivity contribution in [2.75, 3.05) is 6.61 Å². The van der Waals surface area contributed by atoms with Crippen LogP contribution >= 0.6 is 0 Å². The lowest BCUT2D eigenvalue weighted by atomic mass is 10.1. The number of rotatable bonds is 10. The van der Waals surface area contributed by atoms with E-state index >= 15 is 0 Å². The monoisotopic (exact) mass is 414 g/mol. The standard InChI is InChI=1S/C22H26N2O4S/c1-2-28-16-19-5-3-18(4-6-19)15-23-22(25)14-9-17-7-12-21(13-8-17)29(26,27)24-20-10-11-20/h3-9,12-14,20,24H,2,10-11,15-16H2,1H3,(H,23,25)/b14-9+. The van der Waals surface area contributed by atoms with E-state index in [0.717, 1.165) is 29.5 Å². The Morgan fingerprint density at radius 3 is 2.34 bits per heavy atom. The molecule has 1 saturated carbocycles. The summed E-state index contributed by atoms with van der Waals surface area (Å²) in [6.45, 7) is 3.66. The second-order valence-electron chi connectivity index (χ2n) is 6.97. The second kappa shape index (κ2) is 9.82. The minimum atomic E-state index is -3.45. The molecule has 29 heavy (non-hydrogen) atoms. The number of ether oxygens (including phenoxy) is 1. The molecule has 1 amide bonds. The van der Waals surface area contributed by atoms with Gasteiger partial charge >= 0.3 is 0 Å². The van der Waals surface area contributed by atoms with Gasteiger partial charge in [0.2, 0.25) is 15.9 Å². The highest BCUT2D eigenvalue weighted by atomic mass is 32.2. The van der Waals surface area contributed by atoms with Crippen LogP contribution in [0.1, 0.15) is 36.5 Å². The Kier molecular flexibility index (Phi) is 7.19. The van der Waals surface area contributed by atoms with E-state index in [1.165, 1.54) is 6.08 Å². The van der Waals surface area contributed by atoms with E-state index in [4.69, 9.17) is 4.74 Å². The summed E-state index contributed by atoms with van der Waals surface area (Å²) in [7, 11) is -3.45. The van der Waals surface area contributed by atoms with Gasteiger partial charge in [0.05, 0.1) is 11.5 Å². The van der Waals surface area contributed by atoms with Crippen molar-refractivity contribution < 1.29 is 17.9 Å². The Hall–Kier alpha value is -2.48. The molecular formula is C22H26N2O4S. The minimum Gasteiger partial charge on any atom is -0.377 e. The number of hydrogen-bond donors (Lipinski definition) is 2. The molecule has 0 unspecified atom stereocenters. The van der Waals surface area contributed by atoms with E-state index in [1.54, 1.807) is 30.3 Å². The average molecular weight is 415 g/mol. The van der Waals surface area contributed by atoms with Crippen LogP contribution < -0.4 is 10.0 Å². The van der Waals surface area contributed by atoms with Gasteiger partial charge in [-0.2, -0.15) is 0 Å². The Labute approximate surface area is 172 Å². The van der Waals surface area contributed by atoms with Crippen LogP contribution in [0, 0.1) is 0 Å². The summed E-state index contributed by atoms with van der Waals surface area (Å²) in [5.74, 6) is -0.213. The summed E-state index contributed by atoms with van der Waals surface area (Å²) in [5.41, 5.74) is 2.86. The molecule has 0 atom stereocenters. The van der Waals surface area contributed by atoms with Gasteiger partial charge < -0.3 is 10.1 Å².